The van der Waals surface area contributed by atoms with Crippen LogP contribution in [0.15, 0.2) is 0 Å². The molecule has 0 aliphatic carbocycles. The minimum atomic E-state index is -0.231. The molecule has 19 heavy (non-hydrogen) atoms. The van der Waals surface area contributed by atoms with Crippen molar-refractivity contribution in [1.29, 1.82) is 0 Å². The van der Waals surface area contributed by atoms with Crippen molar-refractivity contribution in [2.45, 2.75) is 92.1 Å². The second-order valence-electron chi connectivity index (χ2n) is 6.49. The van der Waals surface area contributed by atoms with Crippen molar-refractivity contribution in [3.63, 3.8) is 0 Å². The molecule has 0 amide bonds. The zero-order valence-electron chi connectivity index (χ0n) is 13.5. The predicted molar refractivity (Wildman–Crippen MR) is 78.7 cm³/mol. The SMILES string of the molecule is CCCC(CC)OOC(=O)CCCCCC(C)(C)C. The first-order valence-corrected chi connectivity index (χ1v) is 7.75. The van der Waals surface area contributed by atoms with Gasteiger partial charge in [-0.1, -0.05) is 53.9 Å². The molecule has 0 spiro atoms. The molecule has 0 aromatic rings. The lowest BCUT2D eigenvalue weighted by atomic mass is 9.89. The number of hydrogen-bond acceptors (Lipinski definition) is 3. The van der Waals surface area contributed by atoms with Crippen LogP contribution in [-0.2, 0) is 14.6 Å². The Bertz CT molecular complexity index is 231. The van der Waals surface area contributed by atoms with Gasteiger partial charge in [0.2, 0.25) is 0 Å². The molecule has 0 saturated heterocycles. The van der Waals surface area contributed by atoms with Crippen LogP contribution in [-0.4, -0.2) is 12.1 Å². The quantitative estimate of drug-likeness (QED) is 0.317. The van der Waals surface area contributed by atoms with Gasteiger partial charge in [-0.3, -0.25) is 4.89 Å². The first-order chi connectivity index (χ1) is 8.89. The third kappa shape index (κ3) is 12.2. The molecule has 1 unspecified atom stereocenters. The van der Waals surface area contributed by atoms with Crippen LogP contribution in [0.1, 0.15) is 86.0 Å². The molecule has 0 aromatic heterocycles. The van der Waals surface area contributed by atoms with E-state index in [1.807, 2.05) is 6.92 Å². The van der Waals surface area contributed by atoms with Crippen molar-refractivity contribution in [1.82, 2.24) is 0 Å². The molecule has 3 nitrogen and oxygen atoms in total. The zero-order chi connectivity index (χ0) is 14.7. The summed E-state index contributed by atoms with van der Waals surface area (Å²) in [7, 11) is 0. The van der Waals surface area contributed by atoms with E-state index in [1.165, 1.54) is 12.8 Å². The van der Waals surface area contributed by atoms with Crippen LogP contribution in [0.2, 0.25) is 0 Å². The molecule has 0 aromatic carbocycles. The summed E-state index contributed by atoms with van der Waals surface area (Å²) in [4.78, 5) is 21.5. The average Bonchev–Trinajstić information content (AvgIpc) is 2.32. The first kappa shape index (κ1) is 18.4. The van der Waals surface area contributed by atoms with E-state index in [2.05, 4.69) is 27.7 Å². The van der Waals surface area contributed by atoms with E-state index in [4.69, 9.17) is 9.78 Å². The number of hydrogen-bond donors (Lipinski definition) is 0. The Kier molecular flexibility index (Phi) is 9.94. The van der Waals surface area contributed by atoms with Crippen LogP contribution in [0.3, 0.4) is 0 Å². The smallest absolute Gasteiger partial charge is 0.298 e. The van der Waals surface area contributed by atoms with Gasteiger partial charge in [-0.15, -0.1) is 0 Å². The molecule has 0 aliphatic rings. The number of carbonyl (C=O) groups excluding carboxylic acids is 1. The summed E-state index contributed by atoms with van der Waals surface area (Å²) in [6.45, 7) is 10.9. The zero-order valence-corrected chi connectivity index (χ0v) is 13.5. The lowest BCUT2D eigenvalue weighted by molar-refractivity contribution is -0.299. The average molecular weight is 272 g/mol. The Balaban J connectivity index is 3.54. The van der Waals surface area contributed by atoms with Crippen LogP contribution in [0.25, 0.3) is 0 Å². The predicted octanol–water partition coefficient (Wildman–Crippen LogP) is 5.04. The van der Waals surface area contributed by atoms with Gasteiger partial charge >= 0.3 is 5.97 Å². The van der Waals surface area contributed by atoms with E-state index in [9.17, 15) is 4.79 Å². The fraction of sp³-hybridized carbons (Fsp3) is 0.938. The Morgan fingerprint density at radius 2 is 1.79 bits per heavy atom. The van der Waals surface area contributed by atoms with Gasteiger partial charge in [0.25, 0.3) is 0 Å². The van der Waals surface area contributed by atoms with Crippen molar-refractivity contribution in [2.24, 2.45) is 5.41 Å². The van der Waals surface area contributed by atoms with Crippen LogP contribution in [0, 0.1) is 5.41 Å². The molecule has 114 valence electrons. The molecule has 3 heteroatoms. The summed E-state index contributed by atoms with van der Waals surface area (Å²) < 4.78 is 0. The lowest BCUT2D eigenvalue weighted by Crippen LogP contribution is -2.15. The maximum atomic E-state index is 11.5. The normalized spacial score (nSPS) is 13.3. The summed E-state index contributed by atoms with van der Waals surface area (Å²) in [6, 6.07) is 0. The van der Waals surface area contributed by atoms with E-state index < -0.39 is 0 Å². The molecule has 0 bridgehead atoms. The maximum absolute atomic E-state index is 11.5. The van der Waals surface area contributed by atoms with Crippen LogP contribution in [0.5, 0.6) is 0 Å². The van der Waals surface area contributed by atoms with Gasteiger partial charge < -0.3 is 0 Å². The summed E-state index contributed by atoms with van der Waals surface area (Å²) in [5, 5.41) is 0. The molecular weight excluding hydrogens is 240 g/mol. The third-order valence-corrected chi connectivity index (χ3v) is 3.15. The highest BCUT2D eigenvalue weighted by Gasteiger charge is 2.12. The van der Waals surface area contributed by atoms with Crippen molar-refractivity contribution < 1.29 is 14.6 Å². The van der Waals surface area contributed by atoms with Gasteiger partial charge in [0.05, 0.1) is 0 Å². The number of carbonyl (C=O) groups is 1. The van der Waals surface area contributed by atoms with Crippen molar-refractivity contribution in [3.8, 4) is 0 Å². The molecule has 0 aliphatic heterocycles. The third-order valence-electron chi connectivity index (χ3n) is 3.15. The molecule has 0 saturated carbocycles. The maximum Gasteiger partial charge on any atom is 0.342 e. The second-order valence-corrected chi connectivity index (χ2v) is 6.49. The standard InChI is InChI=1S/C16H32O3/c1-6-11-14(7-2)18-19-15(17)12-9-8-10-13-16(3,4)5/h14H,6-13H2,1-5H3. The summed E-state index contributed by atoms with van der Waals surface area (Å²) in [5.41, 5.74) is 0.387. The van der Waals surface area contributed by atoms with E-state index in [0.29, 0.717) is 11.8 Å². The molecule has 0 fully saturated rings. The molecule has 0 N–H and O–H groups in total. The van der Waals surface area contributed by atoms with Crippen molar-refractivity contribution in [2.75, 3.05) is 0 Å². The number of rotatable bonds is 10. The van der Waals surface area contributed by atoms with Gasteiger partial charge in [-0.25, -0.2) is 4.79 Å². The molecule has 0 rings (SSSR count). The van der Waals surface area contributed by atoms with Crippen LogP contribution >= 0.6 is 0 Å². The van der Waals surface area contributed by atoms with E-state index in [0.717, 1.165) is 32.1 Å². The van der Waals surface area contributed by atoms with Crippen LogP contribution < -0.4 is 0 Å². The van der Waals surface area contributed by atoms with E-state index in [1.54, 1.807) is 0 Å². The highest BCUT2D eigenvalue weighted by atomic mass is 17.2. The highest BCUT2D eigenvalue weighted by molar-refractivity contribution is 5.68. The van der Waals surface area contributed by atoms with Gasteiger partial charge in [0.1, 0.15) is 6.10 Å². The topological polar surface area (TPSA) is 35.5 Å². The van der Waals surface area contributed by atoms with Gasteiger partial charge in [0, 0.05) is 6.42 Å². The molecule has 1 atom stereocenters. The van der Waals surface area contributed by atoms with Gasteiger partial charge in [-0.2, -0.15) is 4.89 Å². The van der Waals surface area contributed by atoms with Crippen molar-refractivity contribution >= 4 is 5.97 Å². The Labute approximate surface area is 119 Å². The summed E-state index contributed by atoms with van der Waals surface area (Å²) in [5.74, 6) is -0.231. The summed E-state index contributed by atoms with van der Waals surface area (Å²) in [6.07, 6.45) is 7.73. The highest BCUT2D eigenvalue weighted by Crippen LogP contribution is 2.22. The largest absolute Gasteiger partial charge is 0.342 e. The second kappa shape index (κ2) is 10.2. The van der Waals surface area contributed by atoms with Gasteiger partial charge in [-0.05, 0) is 31.1 Å². The lowest BCUT2D eigenvalue weighted by Gasteiger charge is -2.17. The molecule has 0 heterocycles. The fourth-order valence-electron chi connectivity index (χ4n) is 1.91. The van der Waals surface area contributed by atoms with Gasteiger partial charge in [0.15, 0.2) is 0 Å². The Morgan fingerprint density at radius 1 is 1.11 bits per heavy atom. The molecular formula is C16H32O3. The molecule has 0 radical (unpaired) electrons. The summed E-state index contributed by atoms with van der Waals surface area (Å²) >= 11 is 0. The minimum absolute atomic E-state index is 0.0508. The first-order valence-electron chi connectivity index (χ1n) is 7.75. The monoisotopic (exact) mass is 272 g/mol. The number of unbranched alkanes of at least 4 members (excludes halogenated alkanes) is 2. The fourth-order valence-corrected chi connectivity index (χ4v) is 1.91. The van der Waals surface area contributed by atoms with Crippen LogP contribution in [0.4, 0.5) is 0 Å². The van der Waals surface area contributed by atoms with E-state index >= 15 is 0 Å². The van der Waals surface area contributed by atoms with E-state index in [-0.39, 0.29) is 12.1 Å². The van der Waals surface area contributed by atoms with Crippen molar-refractivity contribution in [3.05, 3.63) is 0 Å². The Hall–Kier alpha value is -0.570. The Morgan fingerprint density at radius 3 is 2.32 bits per heavy atom. The minimum Gasteiger partial charge on any atom is -0.298 e.